The smallest absolute Gasteiger partial charge is 0.234 e. The van der Waals surface area contributed by atoms with Gasteiger partial charge in [0.1, 0.15) is 5.75 Å². The highest BCUT2D eigenvalue weighted by molar-refractivity contribution is 8.01. The van der Waals surface area contributed by atoms with Gasteiger partial charge in [-0.1, -0.05) is 36.1 Å². The second kappa shape index (κ2) is 8.50. The Balaban J connectivity index is 1.55. The minimum atomic E-state index is -0.135. The second-order valence-corrected chi connectivity index (χ2v) is 7.95. The molecule has 138 valence electrons. The fraction of sp³-hybridized carbons (Fsp3) is 0.412. The van der Waals surface area contributed by atoms with E-state index in [0.717, 1.165) is 12.8 Å². The summed E-state index contributed by atoms with van der Waals surface area (Å²) in [5.74, 6) is 0.835. The number of rotatable bonds is 8. The summed E-state index contributed by atoms with van der Waals surface area (Å²) in [6, 6.07) is 7.45. The predicted molar refractivity (Wildman–Crippen MR) is 103 cm³/mol. The molecule has 1 fully saturated rings. The van der Waals surface area contributed by atoms with E-state index in [4.69, 9.17) is 4.74 Å². The molecular formula is C17H20N4O3S2. The zero-order chi connectivity index (χ0) is 18.5. The normalized spacial score (nSPS) is 13.3. The van der Waals surface area contributed by atoms with Gasteiger partial charge in [0.15, 0.2) is 4.34 Å². The SMILES string of the molecule is CCC(=O)N(c1nnc(SCC(=O)Nc2cccc(OC)c2)s1)C1CC1. The maximum absolute atomic E-state index is 12.1. The Morgan fingerprint density at radius 3 is 2.88 bits per heavy atom. The van der Waals surface area contributed by atoms with Crippen LogP contribution in [-0.2, 0) is 9.59 Å². The number of aromatic nitrogens is 2. The summed E-state index contributed by atoms with van der Waals surface area (Å²) in [4.78, 5) is 26.0. The minimum Gasteiger partial charge on any atom is -0.497 e. The van der Waals surface area contributed by atoms with Crippen molar-refractivity contribution >= 4 is 45.7 Å². The maximum atomic E-state index is 12.1. The number of carbonyl (C=O) groups excluding carboxylic acids is 2. The molecule has 7 nitrogen and oxygen atoms in total. The van der Waals surface area contributed by atoms with E-state index in [1.165, 1.54) is 23.1 Å². The molecule has 1 saturated carbocycles. The first-order valence-electron chi connectivity index (χ1n) is 8.33. The number of amides is 2. The molecule has 1 aliphatic carbocycles. The van der Waals surface area contributed by atoms with E-state index < -0.39 is 0 Å². The van der Waals surface area contributed by atoms with Crippen molar-refractivity contribution in [1.29, 1.82) is 0 Å². The second-order valence-electron chi connectivity index (χ2n) is 5.77. The maximum Gasteiger partial charge on any atom is 0.234 e. The Labute approximate surface area is 160 Å². The Morgan fingerprint density at radius 2 is 2.19 bits per heavy atom. The van der Waals surface area contributed by atoms with Crippen molar-refractivity contribution in [1.82, 2.24) is 10.2 Å². The van der Waals surface area contributed by atoms with Gasteiger partial charge in [-0.15, -0.1) is 10.2 Å². The van der Waals surface area contributed by atoms with Crippen molar-refractivity contribution in [3.63, 3.8) is 0 Å². The Hall–Kier alpha value is -2.13. The molecule has 1 aliphatic rings. The topological polar surface area (TPSA) is 84.4 Å². The van der Waals surface area contributed by atoms with Gasteiger partial charge in [-0.05, 0) is 25.0 Å². The summed E-state index contributed by atoms with van der Waals surface area (Å²) < 4.78 is 5.81. The Bertz CT molecular complexity index is 792. The van der Waals surface area contributed by atoms with Crippen LogP contribution in [0.2, 0.25) is 0 Å². The molecule has 1 aromatic heterocycles. The van der Waals surface area contributed by atoms with Crippen LogP contribution in [0.15, 0.2) is 28.6 Å². The van der Waals surface area contributed by atoms with Crippen LogP contribution in [0.1, 0.15) is 26.2 Å². The minimum absolute atomic E-state index is 0.0657. The van der Waals surface area contributed by atoms with Crippen LogP contribution >= 0.6 is 23.1 Å². The Morgan fingerprint density at radius 1 is 1.38 bits per heavy atom. The molecule has 0 radical (unpaired) electrons. The number of benzene rings is 1. The summed E-state index contributed by atoms with van der Waals surface area (Å²) in [6.07, 6.45) is 2.47. The fourth-order valence-corrected chi connectivity index (χ4v) is 4.08. The molecule has 1 N–H and O–H groups in total. The molecule has 0 unspecified atom stereocenters. The lowest BCUT2D eigenvalue weighted by Gasteiger charge is -2.17. The number of hydrogen-bond donors (Lipinski definition) is 1. The summed E-state index contributed by atoms with van der Waals surface area (Å²) in [7, 11) is 1.58. The molecule has 26 heavy (non-hydrogen) atoms. The van der Waals surface area contributed by atoms with Crippen LogP contribution in [0.4, 0.5) is 10.8 Å². The lowest BCUT2D eigenvalue weighted by Crippen LogP contribution is -2.32. The number of nitrogens with zero attached hydrogens (tertiary/aromatic N) is 3. The fourth-order valence-electron chi connectivity index (χ4n) is 2.35. The third kappa shape index (κ3) is 4.73. The van der Waals surface area contributed by atoms with Crippen LogP contribution < -0.4 is 15.0 Å². The molecule has 0 aliphatic heterocycles. The number of nitrogens with one attached hydrogen (secondary N) is 1. The zero-order valence-electron chi connectivity index (χ0n) is 14.6. The molecular weight excluding hydrogens is 372 g/mol. The number of ether oxygens (including phenoxy) is 1. The van der Waals surface area contributed by atoms with Crippen molar-refractivity contribution in [2.75, 3.05) is 23.1 Å². The molecule has 2 aromatic rings. The monoisotopic (exact) mass is 392 g/mol. The highest BCUT2D eigenvalue weighted by atomic mass is 32.2. The van der Waals surface area contributed by atoms with Crippen LogP contribution in [0.3, 0.4) is 0 Å². The van der Waals surface area contributed by atoms with Crippen molar-refractivity contribution in [3.8, 4) is 5.75 Å². The van der Waals surface area contributed by atoms with Gasteiger partial charge in [-0.2, -0.15) is 0 Å². The average molecular weight is 393 g/mol. The average Bonchev–Trinajstić information content (AvgIpc) is 3.37. The van der Waals surface area contributed by atoms with Gasteiger partial charge in [-0.25, -0.2) is 0 Å². The first kappa shape index (κ1) is 18.7. The number of thioether (sulfide) groups is 1. The van der Waals surface area contributed by atoms with E-state index in [2.05, 4.69) is 15.5 Å². The summed E-state index contributed by atoms with van der Waals surface area (Å²) >= 11 is 2.66. The van der Waals surface area contributed by atoms with Crippen LogP contribution in [0.25, 0.3) is 0 Å². The largest absolute Gasteiger partial charge is 0.497 e. The van der Waals surface area contributed by atoms with E-state index in [1.54, 1.807) is 24.1 Å². The van der Waals surface area contributed by atoms with Crippen LogP contribution in [-0.4, -0.2) is 40.9 Å². The van der Waals surface area contributed by atoms with Crippen LogP contribution in [0.5, 0.6) is 5.75 Å². The van der Waals surface area contributed by atoms with Gasteiger partial charge < -0.3 is 10.1 Å². The van der Waals surface area contributed by atoms with E-state index >= 15 is 0 Å². The molecule has 0 saturated heterocycles. The molecule has 1 aromatic carbocycles. The molecule has 1 heterocycles. The third-order valence-corrected chi connectivity index (χ3v) is 5.82. The van der Waals surface area contributed by atoms with Crippen LogP contribution in [0, 0.1) is 0 Å². The summed E-state index contributed by atoms with van der Waals surface area (Å²) in [5.41, 5.74) is 0.682. The molecule has 0 atom stereocenters. The lowest BCUT2D eigenvalue weighted by molar-refractivity contribution is -0.118. The number of hydrogen-bond acceptors (Lipinski definition) is 7. The standard InChI is InChI=1S/C17H20N4O3S2/c1-3-15(23)21(12-7-8-12)16-19-20-17(26-16)25-10-14(22)18-11-5-4-6-13(9-11)24-2/h4-6,9,12H,3,7-8,10H2,1-2H3,(H,18,22). The Kier molecular flexibility index (Phi) is 6.10. The van der Waals surface area contributed by atoms with Crippen molar-refractivity contribution in [3.05, 3.63) is 24.3 Å². The number of methoxy groups -OCH3 is 1. The van der Waals surface area contributed by atoms with Crippen molar-refractivity contribution in [2.24, 2.45) is 0 Å². The zero-order valence-corrected chi connectivity index (χ0v) is 16.2. The van der Waals surface area contributed by atoms with Gasteiger partial charge in [0, 0.05) is 24.2 Å². The van der Waals surface area contributed by atoms with Crippen molar-refractivity contribution in [2.45, 2.75) is 36.6 Å². The van der Waals surface area contributed by atoms with Gasteiger partial charge >= 0.3 is 0 Å². The number of carbonyl (C=O) groups is 2. The predicted octanol–water partition coefficient (Wildman–Crippen LogP) is 3.18. The molecule has 2 amide bonds. The summed E-state index contributed by atoms with van der Waals surface area (Å²) in [6.45, 7) is 1.84. The molecule has 0 bridgehead atoms. The first-order valence-corrected chi connectivity index (χ1v) is 10.1. The summed E-state index contributed by atoms with van der Waals surface area (Å²) in [5, 5.41) is 11.7. The highest BCUT2D eigenvalue weighted by Gasteiger charge is 2.35. The van der Waals surface area contributed by atoms with E-state index in [-0.39, 0.29) is 23.6 Å². The molecule has 9 heteroatoms. The lowest BCUT2D eigenvalue weighted by atomic mass is 10.3. The van der Waals surface area contributed by atoms with Gasteiger partial charge in [0.25, 0.3) is 0 Å². The van der Waals surface area contributed by atoms with E-state index in [0.29, 0.717) is 27.3 Å². The van der Waals surface area contributed by atoms with Gasteiger partial charge in [0.05, 0.1) is 12.9 Å². The molecule has 3 rings (SSSR count). The highest BCUT2D eigenvalue weighted by Crippen LogP contribution is 2.36. The van der Waals surface area contributed by atoms with E-state index in [9.17, 15) is 9.59 Å². The van der Waals surface area contributed by atoms with E-state index in [1.807, 2.05) is 19.1 Å². The quantitative estimate of drug-likeness (QED) is 0.549. The van der Waals surface area contributed by atoms with Gasteiger partial charge in [0.2, 0.25) is 16.9 Å². The first-order chi connectivity index (χ1) is 12.6. The molecule has 0 spiro atoms. The van der Waals surface area contributed by atoms with Gasteiger partial charge in [-0.3, -0.25) is 14.5 Å². The number of anilines is 2. The third-order valence-electron chi connectivity index (χ3n) is 3.77. The van der Waals surface area contributed by atoms with Crippen molar-refractivity contribution < 1.29 is 14.3 Å².